The summed E-state index contributed by atoms with van der Waals surface area (Å²) in [6.07, 6.45) is 2.59. The third kappa shape index (κ3) is 1.36. The van der Waals surface area contributed by atoms with E-state index in [-0.39, 0.29) is 17.7 Å². The lowest BCUT2D eigenvalue weighted by Gasteiger charge is -2.19. The van der Waals surface area contributed by atoms with Crippen LogP contribution in [-0.2, 0) is 9.59 Å². The second kappa shape index (κ2) is 3.45. The molecule has 3 rings (SSSR count). The number of imide groups is 1. The van der Waals surface area contributed by atoms with Gasteiger partial charge < -0.3 is 4.42 Å². The van der Waals surface area contributed by atoms with Crippen LogP contribution in [0.2, 0.25) is 0 Å². The summed E-state index contributed by atoms with van der Waals surface area (Å²) in [5.74, 6) is -0.655. The maximum Gasteiger partial charge on any atom is 0.234 e. The van der Waals surface area contributed by atoms with Gasteiger partial charge in [-0.3, -0.25) is 14.9 Å². The molecule has 4 nitrogen and oxygen atoms in total. The Balaban J connectivity index is 2.01. The smallest absolute Gasteiger partial charge is 0.234 e. The number of carbonyl (C=O) groups is 2. The van der Waals surface area contributed by atoms with Crippen molar-refractivity contribution in [2.24, 2.45) is 0 Å². The van der Waals surface area contributed by atoms with Gasteiger partial charge >= 0.3 is 0 Å². The molecule has 3 heterocycles. The highest BCUT2D eigenvalue weighted by atomic mass is 32.1. The SMILES string of the molecule is O=C1CCC(c2coc3ccsc23)C(=O)N1. The Kier molecular flexibility index (Phi) is 2.07. The van der Waals surface area contributed by atoms with E-state index in [0.29, 0.717) is 12.8 Å². The average molecular weight is 235 g/mol. The van der Waals surface area contributed by atoms with Crippen LogP contribution in [0.1, 0.15) is 24.3 Å². The van der Waals surface area contributed by atoms with Crippen LogP contribution in [0.4, 0.5) is 0 Å². The zero-order chi connectivity index (χ0) is 11.1. The zero-order valence-electron chi connectivity index (χ0n) is 8.36. The summed E-state index contributed by atoms with van der Waals surface area (Å²) < 4.78 is 6.37. The summed E-state index contributed by atoms with van der Waals surface area (Å²) >= 11 is 1.56. The summed E-state index contributed by atoms with van der Waals surface area (Å²) in [6, 6.07) is 1.88. The molecule has 5 heteroatoms. The second-order valence-electron chi connectivity index (χ2n) is 3.81. The van der Waals surface area contributed by atoms with Gasteiger partial charge in [-0.05, 0) is 17.9 Å². The van der Waals surface area contributed by atoms with Crippen molar-refractivity contribution in [3.8, 4) is 0 Å². The molecule has 0 aromatic carbocycles. The van der Waals surface area contributed by atoms with Gasteiger partial charge in [-0.25, -0.2) is 0 Å². The van der Waals surface area contributed by atoms with Crippen LogP contribution in [0.5, 0.6) is 0 Å². The van der Waals surface area contributed by atoms with Crippen molar-refractivity contribution in [1.29, 1.82) is 0 Å². The standard InChI is InChI=1S/C11H9NO3S/c13-9-2-1-6(11(14)12-9)7-5-15-8-3-4-16-10(7)8/h3-6H,1-2H2,(H,12,13,14). The van der Waals surface area contributed by atoms with E-state index in [4.69, 9.17) is 4.42 Å². The van der Waals surface area contributed by atoms with Crippen LogP contribution in [-0.4, -0.2) is 11.8 Å². The number of hydrogen-bond donors (Lipinski definition) is 1. The lowest BCUT2D eigenvalue weighted by atomic mass is 9.92. The lowest BCUT2D eigenvalue weighted by molar-refractivity contribution is -0.134. The van der Waals surface area contributed by atoms with Crippen molar-refractivity contribution in [1.82, 2.24) is 5.32 Å². The van der Waals surface area contributed by atoms with E-state index < -0.39 is 0 Å². The van der Waals surface area contributed by atoms with Crippen molar-refractivity contribution in [2.45, 2.75) is 18.8 Å². The van der Waals surface area contributed by atoms with Crippen LogP contribution in [0.15, 0.2) is 22.1 Å². The number of nitrogens with one attached hydrogen (secondary N) is 1. The second-order valence-corrected chi connectivity index (χ2v) is 4.72. The van der Waals surface area contributed by atoms with Crippen molar-refractivity contribution in [3.63, 3.8) is 0 Å². The van der Waals surface area contributed by atoms with Crippen molar-refractivity contribution >= 4 is 33.4 Å². The van der Waals surface area contributed by atoms with Crippen LogP contribution in [0.25, 0.3) is 10.3 Å². The fourth-order valence-corrected chi connectivity index (χ4v) is 2.90. The number of furan rings is 1. The van der Waals surface area contributed by atoms with E-state index in [9.17, 15) is 9.59 Å². The Hall–Kier alpha value is -1.62. The molecule has 2 amide bonds. The monoisotopic (exact) mass is 235 g/mol. The van der Waals surface area contributed by atoms with Gasteiger partial charge in [0.1, 0.15) is 5.58 Å². The number of amides is 2. The maximum atomic E-state index is 11.7. The number of fused-ring (bicyclic) bond motifs is 1. The highest BCUT2D eigenvalue weighted by Crippen LogP contribution is 2.35. The quantitative estimate of drug-likeness (QED) is 0.769. The highest BCUT2D eigenvalue weighted by molar-refractivity contribution is 7.17. The fraction of sp³-hybridized carbons (Fsp3) is 0.273. The molecule has 0 saturated carbocycles. The highest BCUT2D eigenvalue weighted by Gasteiger charge is 2.30. The predicted molar refractivity (Wildman–Crippen MR) is 59.2 cm³/mol. The van der Waals surface area contributed by atoms with Crippen LogP contribution >= 0.6 is 11.3 Å². The zero-order valence-corrected chi connectivity index (χ0v) is 9.17. The molecule has 1 unspecified atom stereocenters. The Labute approximate surface area is 95.2 Å². The summed E-state index contributed by atoms with van der Waals surface area (Å²) in [6.45, 7) is 0. The third-order valence-electron chi connectivity index (χ3n) is 2.82. The molecule has 2 aromatic rings. The van der Waals surface area contributed by atoms with Gasteiger partial charge in [-0.1, -0.05) is 0 Å². The van der Waals surface area contributed by atoms with Crippen molar-refractivity contribution < 1.29 is 14.0 Å². The number of hydrogen-bond acceptors (Lipinski definition) is 4. The van der Waals surface area contributed by atoms with Crippen molar-refractivity contribution in [2.75, 3.05) is 0 Å². The normalized spacial score (nSPS) is 21.4. The lowest BCUT2D eigenvalue weighted by Crippen LogP contribution is -2.39. The van der Waals surface area contributed by atoms with Crippen LogP contribution in [0, 0.1) is 0 Å². The molecule has 1 aliphatic heterocycles. The van der Waals surface area contributed by atoms with Gasteiger partial charge in [-0.2, -0.15) is 0 Å². The van der Waals surface area contributed by atoms with Gasteiger partial charge in [-0.15, -0.1) is 11.3 Å². The first-order valence-corrected chi connectivity index (χ1v) is 5.92. The van der Waals surface area contributed by atoms with Gasteiger partial charge in [0, 0.05) is 12.0 Å². The van der Waals surface area contributed by atoms with Crippen LogP contribution in [0.3, 0.4) is 0 Å². The molecular weight excluding hydrogens is 226 g/mol. The summed E-state index contributed by atoms with van der Waals surface area (Å²) in [5.41, 5.74) is 1.71. The molecule has 1 N–H and O–H groups in total. The van der Waals surface area contributed by atoms with E-state index in [1.807, 2.05) is 11.4 Å². The molecule has 1 aliphatic rings. The molecule has 16 heavy (non-hydrogen) atoms. The molecule has 1 saturated heterocycles. The Morgan fingerprint density at radius 1 is 1.44 bits per heavy atom. The first kappa shape index (κ1) is 9.59. The van der Waals surface area contributed by atoms with E-state index >= 15 is 0 Å². The average Bonchev–Trinajstić information content (AvgIpc) is 2.80. The van der Waals surface area contributed by atoms with Gasteiger partial charge in [0.05, 0.1) is 16.9 Å². The fourth-order valence-electron chi connectivity index (χ4n) is 2.01. The van der Waals surface area contributed by atoms with E-state index in [1.165, 1.54) is 0 Å². The van der Waals surface area contributed by atoms with Gasteiger partial charge in [0.25, 0.3) is 0 Å². The minimum absolute atomic E-state index is 0.188. The molecule has 0 bridgehead atoms. The number of carbonyl (C=O) groups excluding carboxylic acids is 2. The minimum atomic E-state index is -0.252. The largest absolute Gasteiger partial charge is 0.463 e. The molecule has 82 valence electrons. The number of piperidine rings is 1. The Morgan fingerprint density at radius 2 is 2.31 bits per heavy atom. The molecule has 1 fully saturated rings. The summed E-state index contributed by atoms with van der Waals surface area (Å²) in [4.78, 5) is 22.7. The third-order valence-corrected chi connectivity index (χ3v) is 3.76. The molecule has 0 radical (unpaired) electrons. The van der Waals surface area contributed by atoms with E-state index in [2.05, 4.69) is 5.32 Å². The van der Waals surface area contributed by atoms with E-state index in [0.717, 1.165) is 15.8 Å². The van der Waals surface area contributed by atoms with Gasteiger partial charge in [0.2, 0.25) is 11.8 Å². The molecular formula is C11H9NO3S. The first-order valence-electron chi connectivity index (χ1n) is 5.04. The maximum absolute atomic E-state index is 11.7. The number of thiophene rings is 1. The number of rotatable bonds is 1. The molecule has 0 spiro atoms. The topological polar surface area (TPSA) is 59.3 Å². The predicted octanol–water partition coefficient (Wildman–Crippen LogP) is 2.01. The Morgan fingerprint density at radius 3 is 3.12 bits per heavy atom. The van der Waals surface area contributed by atoms with E-state index in [1.54, 1.807) is 17.6 Å². The van der Waals surface area contributed by atoms with Crippen molar-refractivity contribution in [3.05, 3.63) is 23.3 Å². The summed E-state index contributed by atoms with van der Waals surface area (Å²) in [7, 11) is 0. The summed E-state index contributed by atoms with van der Waals surface area (Å²) in [5, 5.41) is 4.29. The molecule has 0 aliphatic carbocycles. The van der Waals surface area contributed by atoms with Gasteiger partial charge in [0.15, 0.2) is 0 Å². The minimum Gasteiger partial charge on any atom is -0.463 e. The molecule has 1 atom stereocenters. The first-order chi connectivity index (χ1) is 7.75. The Bertz CT molecular complexity index is 569. The van der Waals surface area contributed by atoms with Crippen LogP contribution < -0.4 is 5.32 Å². The molecule has 2 aromatic heterocycles.